The first kappa shape index (κ1) is 17.1. The molecule has 4 rings (SSSR count). The van der Waals surface area contributed by atoms with Crippen LogP contribution in [0.1, 0.15) is 53.7 Å². The lowest BCUT2D eigenvalue weighted by Gasteiger charge is -2.31. The summed E-state index contributed by atoms with van der Waals surface area (Å²) >= 11 is 0. The van der Waals surface area contributed by atoms with Gasteiger partial charge in [-0.15, -0.1) is 0 Å². The van der Waals surface area contributed by atoms with Crippen LogP contribution in [0.4, 0.5) is 11.4 Å². The minimum Gasteiger partial charge on any atom is -0.372 e. The molecule has 26 heavy (non-hydrogen) atoms. The number of rotatable bonds is 4. The van der Waals surface area contributed by atoms with Crippen molar-refractivity contribution in [3.05, 3.63) is 58.7 Å². The van der Waals surface area contributed by atoms with Gasteiger partial charge in [0, 0.05) is 48.7 Å². The zero-order valence-corrected chi connectivity index (χ0v) is 15.9. The number of aryl methyl sites for hydroxylation is 2. The molecular weight excluding hydrogens is 320 g/mol. The Labute approximate surface area is 156 Å². The van der Waals surface area contributed by atoms with Crippen molar-refractivity contribution in [2.75, 3.05) is 36.0 Å². The molecule has 0 amide bonds. The van der Waals surface area contributed by atoms with E-state index in [1.807, 2.05) is 12.1 Å². The van der Waals surface area contributed by atoms with E-state index in [4.69, 9.17) is 0 Å². The van der Waals surface area contributed by atoms with E-state index in [0.29, 0.717) is 0 Å². The molecule has 2 aromatic carbocycles. The molecule has 2 aliphatic heterocycles. The molecule has 0 saturated heterocycles. The maximum Gasteiger partial charge on any atom is 0.193 e. The summed E-state index contributed by atoms with van der Waals surface area (Å²) in [6.45, 7) is 8.69. The lowest BCUT2D eigenvalue weighted by molar-refractivity contribution is 0.103. The molecule has 0 radical (unpaired) electrons. The molecule has 2 aromatic rings. The predicted octanol–water partition coefficient (Wildman–Crippen LogP) is 4.46. The van der Waals surface area contributed by atoms with Gasteiger partial charge in [0.05, 0.1) is 0 Å². The van der Waals surface area contributed by atoms with Crippen molar-refractivity contribution in [2.45, 2.75) is 39.5 Å². The molecule has 136 valence electrons. The molecule has 0 aliphatic carbocycles. The Balaban J connectivity index is 1.64. The van der Waals surface area contributed by atoms with Crippen molar-refractivity contribution in [1.29, 1.82) is 0 Å². The van der Waals surface area contributed by atoms with Gasteiger partial charge in [-0.05, 0) is 87.1 Å². The topological polar surface area (TPSA) is 23.6 Å². The van der Waals surface area contributed by atoms with E-state index < -0.39 is 0 Å². The summed E-state index contributed by atoms with van der Waals surface area (Å²) in [6.07, 6.45) is 4.49. The number of carbonyl (C=O) groups is 1. The maximum absolute atomic E-state index is 13.1. The number of carbonyl (C=O) groups excluding carboxylic acids is 1. The number of hydrogen-bond acceptors (Lipinski definition) is 3. The molecule has 0 spiro atoms. The molecule has 0 atom stereocenters. The third-order valence-electron chi connectivity index (χ3n) is 5.88. The zero-order valence-electron chi connectivity index (χ0n) is 15.9. The molecule has 2 heterocycles. The van der Waals surface area contributed by atoms with Gasteiger partial charge < -0.3 is 9.80 Å². The third kappa shape index (κ3) is 3.00. The van der Waals surface area contributed by atoms with Crippen LogP contribution < -0.4 is 9.80 Å². The van der Waals surface area contributed by atoms with Crippen molar-refractivity contribution in [2.24, 2.45) is 0 Å². The highest BCUT2D eigenvalue weighted by molar-refractivity contribution is 6.09. The maximum atomic E-state index is 13.1. The number of benzene rings is 2. The van der Waals surface area contributed by atoms with Crippen LogP contribution in [0.5, 0.6) is 0 Å². The molecular formula is C23H28N2O. The van der Waals surface area contributed by atoms with Gasteiger partial charge in [0.25, 0.3) is 0 Å². The van der Waals surface area contributed by atoms with Gasteiger partial charge in [-0.25, -0.2) is 0 Å². The lowest BCUT2D eigenvalue weighted by atomic mass is 9.93. The number of anilines is 2. The van der Waals surface area contributed by atoms with Crippen molar-refractivity contribution < 1.29 is 4.79 Å². The third-order valence-corrected chi connectivity index (χ3v) is 5.88. The standard InChI is InChI=1S/C23H28N2O/c1-3-24-13-5-7-17-15-19(9-11-21(17)24)23(26)20-10-12-22-18(16-20)8-6-14-25(22)4-2/h9-12,15-16H,3-8,13-14H2,1-2H3. The summed E-state index contributed by atoms with van der Waals surface area (Å²) in [5.74, 6) is 0.151. The van der Waals surface area contributed by atoms with E-state index in [0.717, 1.165) is 50.1 Å². The van der Waals surface area contributed by atoms with Crippen molar-refractivity contribution in [3.8, 4) is 0 Å². The van der Waals surface area contributed by atoms with E-state index in [-0.39, 0.29) is 5.78 Å². The minimum absolute atomic E-state index is 0.151. The van der Waals surface area contributed by atoms with Crippen LogP contribution in [-0.4, -0.2) is 32.0 Å². The average Bonchev–Trinajstić information content (AvgIpc) is 2.71. The van der Waals surface area contributed by atoms with Crippen LogP contribution in [0.3, 0.4) is 0 Å². The second kappa shape index (κ2) is 7.14. The van der Waals surface area contributed by atoms with E-state index in [1.165, 1.54) is 35.3 Å². The molecule has 0 aromatic heterocycles. The molecule has 3 nitrogen and oxygen atoms in total. The smallest absolute Gasteiger partial charge is 0.193 e. The van der Waals surface area contributed by atoms with Crippen molar-refractivity contribution in [3.63, 3.8) is 0 Å². The summed E-state index contributed by atoms with van der Waals surface area (Å²) in [5, 5.41) is 0. The Morgan fingerprint density at radius 3 is 1.69 bits per heavy atom. The van der Waals surface area contributed by atoms with Crippen molar-refractivity contribution in [1.82, 2.24) is 0 Å². The van der Waals surface area contributed by atoms with Crippen LogP contribution in [0.15, 0.2) is 36.4 Å². The Hall–Kier alpha value is -2.29. The van der Waals surface area contributed by atoms with Crippen LogP contribution in [0, 0.1) is 0 Å². The quantitative estimate of drug-likeness (QED) is 0.762. The zero-order chi connectivity index (χ0) is 18.1. The van der Waals surface area contributed by atoms with Gasteiger partial charge in [-0.2, -0.15) is 0 Å². The summed E-state index contributed by atoms with van der Waals surface area (Å²) in [7, 11) is 0. The Morgan fingerprint density at radius 1 is 0.808 bits per heavy atom. The van der Waals surface area contributed by atoms with Gasteiger partial charge in [-0.3, -0.25) is 4.79 Å². The highest BCUT2D eigenvalue weighted by Crippen LogP contribution is 2.31. The first-order valence-electron chi connectivity index (χ1n) is 10.0. The van der Waals surface area contributed by atoms with Gasteiger partial charge in [-0.1, -0.05) is 0 Å². The molecule has 3 heteroatoms. The fourth-order valence-electron chi connectivity index (χ4n) is 4.46. The molecule has 0 fully saturated rings. The number of ketones is 1. The molecule has 0 N–H and O–H groups in total. The van der Waals surface area contributed by atoms with Gasteiger partial charge in [0.2, 0.25) is 0 Å². The predicted molar refractivity (Wildman–Crippen MR) is 109 cm³/mol. The molecule has 0 saturated carbocycles. The summed E-state index contributed by atoms with van der Waals surface area (Å²) in [6, 6.07) is 12.5. The second-order valence-electron chi connectivity index (χ2n) is 7.38. The Bertz CT molecular complexity index is 759. The van der Waals surface area contributed by atoms with Crippen LogP contribution in [0.25, 0.3) is 0 Å². The molecule has 0 unspecified atom stereocenters. The number of hydrogen-bond donors (Lipinski definition) is 0. The number of fused-ring (bicyclic) bond motifs is 2. The first-order chi connectivity index (χ1) is 12.7. The SMILES string of the molecule is CCN1CCCc2cc(C(=O)c3ccc4c(c3)CCCN4CC)ccc21. The first-order valence-corrected chi connectivity index (χ1v) is 10.0. The highest BCUT2D eigenvalue weighted by Gasteiger charge is 2.20. The summed E-state index contributed by atoms with van der Waals surface area (Å²) < 4.78 is 0. The molecule has 2 aliphatic rings. The van der Waals surface area contributed by atoms with Crippen LogP contribution in [-0.2, 0) is 12.8 Å². The van der Waals surface area contributed by atoms with E-state index >= 15 is 0 Å². The fourth-order valence-corrected chi connectivity index (χ4v) is 4.46. The van der Waals surface area contributed by atoms with Crippen LogP contribution >= 0.6 is 0 Å². The Morgan fingerprint density at radius 2 is 1.27 bits per heavy atom. The highest BCUT2D eigenvalue weighted by atomic mass is 16.1. The minimum atomic E-state index is 0.151. The van der Waals surface area contributed by atoms with Gasteiger partial charge in [0.1, 0.15) is 0 Å². The van der Waals surface area contributed by atoms with Crippen LogP contribution in [0.2, 0.25) is 0 Å². The largest absolute Gasteiger partial charge is 0.372 e. The number of nitrogens with zero attached hydrogens (tertiary/aromatic N) is 2. The van der Waals surface area contributed by atoms with Gasteiger partial charge in [0.15, 0.2) is 5.78 Å². The fraction of sp³-hybridized carbons (Fsp3) is 0.435. The molecule has 0 bridgehead atoms. The van der Waals surface area contributed by atoms with E-state index in [2.05, 4.69) is 47.9 Å². The lowest BCUT2D eigenvalue weighted by Crippen LogP contribution is -2.29. The monoisotopic (exact) mass is 348 g/mol. The normalized spacial score (nSPS) is 16.2. The summed E-state index contributed by atoms with van der Waals surface area (Å²) in [5.41, 5.74) is 6.89. The average molecular weight is 348 g/mol. The second-order valence-corrected chi connectivity index (χ2v) is 7.38. The van der Waals surface area contributed by atoms with E-state index in [9.17, 15) is 4.79 Å². The Kier molecular flexibility index (Phi) is 4.71. The summed E-state index contributed by atoms with van der Waals surface area (Å²) in [4.78, 5) is 17.9. The van der Waals surface area contributed by atoms with Crippen molar-refractivity contribution >= 4 is 17.2 Å². The van der Waals surface area contributed by atoms with E-state index in [1.54, 1.807) is 0 Å². The van der Waals surface area contributed by atoms with Gasteiger partial charge >= 0.3 is 0 Å².